The maximum atomic E-state index is 12.4. The van der Waals surface area contributed by atoms with E-state index < -0.39 is 5.97 Å². The van der Waals surface area contributed by atoms with Gasteiger partial charge in [0.05, 0.1) is 12.7 Å². The van der Waals surface area contributed by atoms with Gasteiger partial charge in [0, 0.05) is 11.3 Å². The summed E-state index contributed by atoms with van der Waals surface area (Å²) in [4.78, 5) is 24.0. The van der Waals surface area contributed by atoms with Gasteiger partial charge in [-0.15, -0.1) is 0 Å². The van der Waals surface area contributed by atoms with Gasteiger partial charge in [0.2, 0.25) is 0 Å². The molecule has 0 spiro atoms. The van der Waals surface area contributed by atoms with Crippen LogP contribution in [-0.2, 0) is 4.74 Å². The Morgan fingerprint density at radius 3 is 2.39 bits per heavy atom. The van der Waals surface area contributed by atoms with Gasteiger partial charge in [-0.25, -0.2) is 4.79 Å². The predicted molar refractivity (Wildman–Crippen MR) is 91.6 cm³/mol. The van der Waals surface area contributed by atoms with Crippen molar-refractivity contribution in [2.45, 2.75) is 13.8 Å². The molecule has 0 aliphatic rings. The Morgan fingerprint density at radius 2 is 1.74 bits per heavy atom. The van der Waals surface area contributed by atoms with E-state index in [0.717, 1.165) is 22.4 Å². The molecule has 0 bridgehead atoms. The fourth-order valence-corrected chi connectivity index (χ4v) is 2.12. The van der Waals surface area contributed by atoms with Crippen LogP contribution in [0.15, 0.2) is 49.0 Å². The van der Waals surface area contributed by atoms with Gasteiger partial charge in [-0.05, 0) is 49.2 Å². The normalized spacial score (nSPS) is 10.0. The highest BCUT2D eigenvalue weighted by molar-refractivity contribution is 6.06. The van der Waals surface area contributed by atoms with E-state index in [0.29, 0.717) is 11.1 Å². The van der Waals surface area contributed by atoms with Crippen molar-refractivity contribution >= 4 is 23.1 Å². The van der Waals surface area contributed by atoms with Crippen molar-refractivity contribution in [1.82, 2.24) is 0 Å². The summed E-state index contributed by atoms with van der Waals surface area (Å²) in [5, 5.41) is 2.87. The zero-order valence-corrected chi connectivity index (χ0v) is 13.5. The molecule has 4 nitrogen and oxygen atoms in total. The number of benzene rings is 2. The summed E-state index contributed by atoms with van der Waals surface area (Å²) in [6.45, 7) is 7.74. The van der Waals surface area contributed by atoms with Crippen LogP contribution in [0.5, 0.6) is 0 Å². The van der Waals surface area contributed by atoms with Gasteiger partial charge in [0.1, 0.15) is 0 Å². The summed E-state index contributed by atoms with van der Waals surface area (Å²) >= 11 is 0. The van der Waals surface area contributed by atoms with Crippen LogP contribution in [0.1, 0.15) is 38.8 Å². The van der Waals surface area contributed by atoms with Crippen molar-refractivity contribution in [3.63, 3.8) is 0 Å². The van der Waals surface area contributed by atoms with E-state index in [1.54, 1.807) is 18.2 Å². The third-order valence-electron chi connectivity index (χ3n) is 3.52. The first kappa shape index (κ1) is 16.5. The SMILES string of the molecule is C=C(C)c1ccc(C)c(NC(=O)c2cccc(C(=O)OC)c2)c1. The van der Waals surface area contributed by atoms with Crippen LogP contribution >= 0.6 is 0 Å². The smallest absolute Gasteiger partial charge is 0.337 e. The molecule has 1 N–H and O–H groups in total. The molecule has 0 aromatic heterocycles. The number of esters is 1. The number of hydrogen-bond donors (Lipinski definition) is 1. The van der Waals surface area contributed by atoms with Crippen molar-refractivity contribution in [1.29, 1.82) is 0 Å². The van der Waals surface area contributed by atoms with Crippen LogP contribution in [0.25, 0.3) is 5.57 Å². The second kappa shape index (κ2) is 6.92. The Bertz CT molecular complexity index is 778. The van der Waals surface area contributed by atoms with Crippen LogP contribution in [0.3, 0.4) is 0 Å². The predicted octanol–water partition coefficient (Wildman–Crippen LogP) is 4.07. The summed E-state index contributed by atoms with van der Waals surface area (Å²) < 4.78 is 4.67. The largest absolute Gasteiger partial charge is 0.465 e. The van der Waals surface area contributed by atoms with E-state index in [1.807, 2.05) is 32.0 Å². The fourth-order valence-electron chi connectivity index (χ4n) is 2.12. The number of amides is 1. The molecule has 0 saturated carbocycles. The first-order valence-corrected chi connectivity index (χ1v) is 7.18. The van der Waals surface area contributed by atoms with Gasteiger partial charge in [0.25, 0.3) is 5.91 Å². The molecule has 2 aromatic rings. The number of anilines is 1. The maximum Gasteiger partial charge on any atom is 0.337 e. The Balaban J connectivity index is 2.27. The standard InChI is InChI=1S/C19H19NO3/c1-12(2)14-9-8-13(3)17(11-14)20-18(21)15-6-5-7-16(10-15)19(22)23-4/h5-11H,1H2,2-4H3,(H,20,21). The molecule has 1 amide bonds. The van der Waals surface area contributed by atoms with E-state index >= 15 is 0 Å². The molecule has 2 aromatic carbocycles. The van der Waals surface area contributed by atoms with Crippen LogP contribution in [0, 0.1) is 6.92 Å². The lowest BCUT2D eigenvalue weighted by atomic mass is 10.0. The minimum absolute atomic E-state index is 0.280. The van der Waals surface area contributed by atoms with Crippen LogP contribution < -0.4 is 5.32 Å². The number of ether oxygens (including phenoxy) is 1. The Hall–Kier alpha value is -2.88. The molecule has 0 aliphatic heterocycles. The molecule has 0 unspecified atom stereocenters. The fraction of sp³-hybridized carbons (Fsp3) is 0.158. The lowest BCUT2D eigenvalue weighted by Crippen LogP contribution is -2.14. The second-order valence-electron chi connectivity index (χ2n) is 5.34. The number of hydrogen-bond acceptors (Lipinski definition) is 3. The molecule has 0 fully saturated rings. The molecule has 0 atom stereocenters. The highest BCUT2D eigenvalue weighted by Crippen LogP contribution is 2.22. The van der Waals surface area contributed by atoms with E-state index in [2.05, 4.69) is 16.6 Å². The maximum absolute atomic E-state index is 12.4. The number of aryl methyl sites for hydroxylation is 1. The van der Waals surface area contributed by atoms with Crippen LogP contribution in [-0.4, -0.2) is 19.0 Å². The molecule has 0 radical (unpaired) electrons. The topological polar surface area (TPSA) is 55.4 Å². The lowest BCUT2D eigenvalue weighted by molar-refractivity contribution is 0.0600. The van der Waals surface area contributed by atoms with E-state index in [-0.39, 0.29) is 5.91 Å². The average Bonchev–Trinajstić information content (AvgIpc) is 2.55. The number of nitrogens with one attached hydrogen (secondary N) is 1. The van der Waals surface area contributed by atoms with Gasteiger partial charge in [-0.1, -0.05) is 30.4 Å². The third-order valence-corrected chi connectivity index (χ3v) is 3.52. The first-order valence-electron chi connectivity index (χ1n) is 7.18. The number of carbonyl (C=O) groups excluding carboxylic acids is 2. The first-order chi connectivity index (χ1) is 10.9. The second-order valence-corrected chi connectivity index (χ2v) is 5.34. The summed E-state index contributed by atoms with van der Waals surface area (Å²) in [6.07, 6.45) is 0. The minimum Gasteiger partial charge on any atom is -0.465 e. The Kier molecular flexibility index (Phi) is 4.96. The van der Waals surface area contributed by atoms with Gasteiger partial charge < -0.3 is 10.1 Å². The third kappa shape index (κ3) is 3.86. The summed E-state index contributed by atoms with van der Waals surface area (Å²) in [6, 6.07) is 12.2. The van der Waals surface area contributed by atoms with Crippen molar-refractivity contribution in [2.24, 2.45) is 0 Å². The van der Waals surface area contributed by atoms with Crippen molar-refractivity contribution in [2.75, 3.05) is 12.4 Å². The molecule has 4 heteroatoms. The number of allylic oxidation sites excluding steroid dienone is 1. The zero-order chi connectivity index (χ0) is 17.0. The van der Waals surface area contributed by atoms with E-state index in [4.69, 9.17) is 0 Å². The highest BCUT2D eigenvalue weighted by Gasteiger charge is 2.12. The monoisotopic (exact) mass is 309 g/mol. The van der Waals surface area contributed by atoms with E-state index in [1.165, 1.54) is 13.2 Å². The molecule has 0 saturated heterocycles. The van der Waals surface area contributed by atoms with Gasteiger partial charge >= 0.3 is 5.97 Å². The Labute approximate surface area is 135 Å². The molecule has 23 heavy (non-hydrogen) atoms. The molecule has 118 valence electrons. The molecule has 0 aliphatic carbocycles. The lowest BCUT2D eigenvalue weighted by Gasteiger charge is -2.11. The quantitative estimate of drug-likeness (QED) is 0.866. The van der Waals surface area contributed by atoms with Gasteiger partial charge in [-0.3, -0.25) is 4.79 Å². The number of carbonyl (C=O) groups is 2. The van der Waals surface area contributed by atoms with Crippen LogP contribution in [0.2, 0.25) is 0 Å². The van der Waals surface area contributed by atoms with Gasteiger partial charge in [-0.2, -0.15) is 0 Å². The van der Waals surface area contributed by atoms with Gasteiger partial charge in [0.15, 0.2) is 0 Å². The molecule has 0 heterocycles. The van der Waals surface area contributed by atoms with Crippen molar-refractivity contribution < 1.29 is 14.3 Å². The average molecular weight is 309 g/mol. The number of rotatable bonds is 4. The number of methoxy groups -OCH3 is 1. The van der Waals surface area contributed by atoms with E-state index in [9.17, 15) is 9.59 Å². The van der Waals surface area contributed by atoms with Crippen molar-refractivity contribution in [3.8, 4) is 0 Å². The highest BCUT2D eigenvalue weighted by atomic mass is 16.5. The zero-order valence-electron chi connectivity index (χ0n) is 13.5. The molecular weight excluding hydrogens is 290 g/mol. The van der Waals surface area contributed by atoms with Crippen molar-refractivity contribution in [3.05, 3.63) is 71.3 Å². The molecule has 2 rings (SSSR count). The Morgan fingerprint density at radius 1 is 1.04 bits per heavy atom. The summed E-state index contributed by atoms with van der Waals surface area (Å²) in [5.41, 5.74) is 4.30. The summed E-state index contributed by atoms with van der Waals surface area (Å²) in [7, 11) is 1.31. The molecular formula is C19H19NO3. The minimum atomic E-state index is -0.472. The summed E-state index contributed by atoms with van der Waals surface area (Å²) in [5.74, 6) is -0.752. The van der Waals surface area contributed by atoms with Crippen LogP contribution in [0.4, 0.5) is 5.69 Å².